The van der Waals surface area contributed by atoms with Gasteiger partial charge in [0.25, 0.3) is 5.91 Å². The standard InChI is InChI=1S/C19H26ClN3O4/c1-2-16-19(25)23(15-12-14(20)4-5-17(15)27-16)13-18(24)21-6-3-7-22-8-10-26-11-9-22/h4-5,12,16H,2-3,6-11,13H2,1H3,(H,21,24). The lowest BCUT2D eigenvalue weighted by Crippen LogP contribution is -2.49. The van der Waals surface area contributed by atoms with E-state index in [0.717, 1.165) is 39.3 Å². The molecule has 0 aliphatic carbocycles. The zero-order chi connectivity index (χ0) is 19.2. The Labute approximate surface area is 164 Å². The molecule has 1 N–H and O–H groups in total. The number of ether oxygens (including phenoxy) is 2. The van der Waals surface area contributed by atoms with Crippen LogP contribution in [0, 0.1) is 0 Å². The quantitative estimate of drug-likeness (QED) is 0.711. The first-order valence-corrected chi connectivity index (χ1v) is 9.80. The van der Waals surface area contributed by atoms with E-state index < -0.39 is 6.10 Å². The summed E-state index contributed by atoms with van der Waals surface area (Å²) in [6, 6.07) is 5.11. The minimum Gasteiger partial charge on any atom is -0.478 e. The van der Waals surface area contributed by atoms with E-state index in [0.29, 0.717) is 29.4 Å². The largest absolute Gasteiger partial charge is 0.478 e. The predicted molar refractivity (Wildman–Crippen MR) is 103 cm³/mol. The third-order valence-corrected chi connectivity index (χ3v) is 5.01. The van der Waals surface area contributed by atoms with E-state index in [4.69, 9.17) is 21.1 Å². The van der Waals surface area contributed by atoms with E-state index in [1.807, 2.05) is 6.92 Å². The highest BCUT2D eigenvalue weighted by Crippen LogP contribution is 2.36. The van der Waals surface area contributed by atoms with Gasteiger partial charge in [-0.05, 0) is 37.6 Å². The number of benzene rings is 1. The van der Waals surface area contributed by atoms with Crippen LogP contribution in [-0.2, 0) is 14.3 Å². The number of hydrogen-bond acceptors (Lipinski definition) is 5. The zero-order valence-corrected chi connectivity index (χ0v) is 16.3. The Bertz CT molecular complexity index is 679. The Morgan fingerprint density at radius 2 is 2.11 bits per heavy atom. The van der Waals surface area contributed by atoms with Gasteiger partial charge in [-0.3, -0.25) is 19.4 Å². The first kappa shape index (κ1) is 19.9. The van der Waals surface area contributed by atoms with Crippen LogP contribution in [0.3, 0.4) is 0 Å². The maximum atomic E-state index is 12.7. The molecule has 148 valence electrons. The van der Waals surface area contributed by atoms with Crippen LogP contribution in [0.5, 0.6) is 5.75 Å². The van der Waals surface area contributed by atoms with Crippen molar-refractivity contribution in [3.05, 3.63) is 23.2 Å². The van der Waals surface area contributed by atoms with Gasteiger partial charge in [0.05, 0.1) is 18.9 Å². The van der Waals surface area contributed by atoms with Crippen molar-refractivity contribution in [2.45, 2.75) is 25.9 Å². The van der Waals surface area contributed by atoms with Crippen LogP contribution in [0.2, 0.25) is 5.02 Å². The smallest absolute Gasteiger partial charge is 0.268 e. The van der Waals surface area contributed by atoms with Crippen molar-refractivity contribution in [3.8, 4) is 5.75 Å². The van der Waals surface area contributed by atoms with E-state index in [-0.39, 0.29) is 18.4 Å². The van der Waals surface area contributed by atoms with Crippen molar-refractivity contribution >= 4 is 29.1 Å². The molecule has 3 rings (SSSR count). The molecule has 2 aliphatic heterocycles. The van der Waals surface area contributed by atoms with Gasteiger partial charge in [-0.15, -0.1) is 0 Å². The van der Waals surface area contributed by atoms with E-state index in [2.05, 4.69) is 10.2 Å². The number of nitrogens with zero attached hydrogens (tertiary/aromatic N) is 2. The molecule has 1 saturated heterocycles. The average molecular weight is 396 g/mol. The molecule has 1 unspecified atom stereocenters. The Balaban J connectivity index is 1.54. The molecule has 0 radical (unpaired) electrons. The molecule has 1 aromatic carbocycles. The zero-order valence-electron chi connectivity index (χ0n) is 15.6. The summed E-state index contributed by atoms with van der Waals surface area (Å²) in [4.78, 5) is 28.8. The number of carbonyl (C=O) groups is 2. The Hall–Kier alpha value is -1.83. The molecule has 1 fully saturated rings. The normalized spacial score (nSPS) is 20.1. The van der Waals surface area contributed by atoms with Crippen LogP contribution >= 0.6 is 11.6 Å². The Kier molecular flexibility index (Phi) is 6.93. The average Bonchev–Trinajstić information content (AvgIpc) is 2.68. The predicted octanol–water partition coefficient (Wildman–Crippen LogP) is 1.68. The number of halogens is 1. The third kappa shape index (κ3) is 5.12. The fourth-order valence-corrected chi connectivity index (χ4v) is 3.44. The number of amides is 2. The summed E-state index contributed by atoms with van der Waals surface area (Å²) >= 11 is 6.07. The topological polar surface area (TPSA) is 71.1 Å². The summed E-state index contributed by atoms with van der Waals surface area (Å²) in [5, 5.41) is 3.40. The minimum absolute atomic E-state index is 0.0381. The van der Waals surface area contributed by atoms with Crippen molar-refractivity contribution in [2.75, 3.05) is 50.8 Å². The molecule has 0 bridgehead atoms. The molecular formula is C19H26ClN3O4. The van der Waals surface area contributed by atoms with Gasteiger partial charge < -0.3 is 14.8 Å². The summed E-state index contributed by atoms with van der Waals surface area (Å²) in [6.45, 7) is 6.76. The highest BCUT2D eigenvalue weighted by atomic mass is 35.5. The minimum atomic E-state index is -0.576. The molecule has 1 aromatic rings. The lowest BCUT2D eigenvalue weighted by molar-refractivity contribution is -0.129. The molecule has 8 heteroatoms. The van der Waals surface area contributed by atoms with Crippen LogP contribution < -0.4 is 15.0 Å². The fourth-order valence-electron chi connectivity index (χ4n) is 3.27. The fraction of sp³-hybridized carbons (Fsp3) is 0.579. The van der Waals surface area contributed by atoms with Gasteiger partial charge >= 0.3 is 0 Å². The number of morpholine rings is 1. The molecule has 27 heavy (non-hydrogen) atoms. The van der Waals surface area contributed by atoms with Gasteiger partial charge in [0.15, 0.2) is 6.10 Å². The van der Waals surface area contributed by atoms with Crippen molar-refractivity contribution < 1.29 is 19.1 Å². The highest BCUT2D eigenvalue weighted by molar-refractivity contribution is 6.31. The van der Waals surface area contributed by atoms with Crippen molar-refractivity contribution in [1.29, 1.82) is 0 Å². The van der Waals surface area contributed by atoms with Crippen LogP contribution in [0.25, 0.3) is 0 Å². The van der Waals surface area contributed by atoms with E-state index in [1.54, 1.807) is 18.2 Å². The number of anilines is 1. The van der Waals surface area contributed by atoms with Crippen LogP contribution in [0.15, 0.2) is 18.2 Å². The molecule has 2 amide bonds. The second kappa shape index (κ2) is 9.39. The maximum absolute atomic E-state index is 12.7. The van der Waals surface area contributed by atoms with Gasteiger partial charge in [0, 0.05) is 24.7 Å². The first-order valence-electron chi connectivity index (χ1n) is 9.43. The van der Waals surface area contributed by atoms with Crippen molar-refractivity contribution in [2.24, 2.45) is 0 Å². The Morgan fingerprint density at radius 1 is 1.33 bits per heavy atom. The van der Waals surface area contributed by atoms with Gasteiger partial charge in [0.1, 0.15) is 12.3 Å². The summed E-state index contributed by atoms with van der Waals surface area (Å²) in [6.07, 6.45) is 0.828. The van der Waals surface area contributed by atoms with Crippen LogP contribution in [0.1, 0.15) is 19.8 Å². The van der Waals surface area contributed by atoms with Gasteiger partial charge in [-0.2, -0.15) is 0 Å². The van der Waals surface area contributed by atoms with Gasteiger partial charge in [-0.25, -0.2) is 0 Å². The molecule has 2 aliphatic rings. The lowest BCUT2D eigenvalue weighted by Gasteiger charge is -2.33. The molecule has 2 heterocycles. The summed E-state index contributed by atoms with van der Waals surface area (Å²) in [7, 11) is 0. The monoisotopic (exact) mass is 395 g/mol. The molecule has 0 aromatic heterocycles. The van der Waals surface area contributed by atoms with Crippen molar-refractivity contribution in [1.82, 2.24) is 10.2 Å². The van der Waals surface area contributed by atoms with E-state index in [1.165, 1.54) is 4.90 Å². The molecular weight excluding hydrogens is 370 g/mol. The number of nitrogens with one attached hydrogen (secondary N) is 1. The first-order chi connectivity index (χ1) is 13.1. The highest BCUT2D eigenvalue weighted by Gasteiger charge is 2.34. The Morgan fingerprint density at radius 3 is 2.85 bits per heavy atom. The maximum Gasteiger partial charge on any atom is 0.268 e. The summed E-state index contributed by atoms with van der Waals surface area (Å²) in [5.41, 5.74) is 0.542. The number of hydrogen-bond donors (Lipinski definition) is 1. The second-order valence-corrected chi connectivity index (χ2v) is 7.15. The number of carbonyl (C=O) groups excluding carboxylic acids is 2. The summed E-state index contributed by atoms with van der Waals surface area (Å²) in [5.74, 6) is 0.176. The number of rotatable bonds is 7. The number of fused-ring (bicyclic) bond motifs is 1. The molecule has 0 saturated carbocycles. The second-order valence-electron chi connectivity index (χ2n) is 6.71. The lowest BCUT2D eigenvalue weighted by atomic mass is 10.1. The molecule has 1 atom stereocenters. The van der Waals surface area contributed by atoms with Crippen LogP contribution in [0.4, 0.5) is 5.69 Å². The van der Waals surface area contributed by atoms with Gasteiger partial charge in [-0.1, -0.05) is 18.5 Å². The SMILES string of the molecule is CCC1Oc2ccc(Cl)cc2N(CC(=O)NCCCN2CCOCC2)C1=O. The van der Waals surface area contributed by atoms with Crippen LogP contribution in [-0.4, -0.2) is 68.8 Å². The third-order valence-electron chi connectivity index (χ3n) is 4.77. The molecule has 0 spiro atoms. The van der Waals surface area contributed by atoms with E-state index in [9.17, 15) is 9.59 Å². The van der Waals surface area contributed by atoms with Crippen molar-refractivity contribution in [3.63, 3.8) is 0 Å². The molecule has 7 nitrogen and oxygen atoms in total. The summed E-state index contributed by atoms with van der Waals surface area (Å²) < 4.78 is 11.1. The van der Waals surface area contributed by atoms with E-state index >= 15 is 0 Å². The van der Waals surface area contributed by atoms with Gasteiger partial charge in [0.2, 0.25) is 5.91 Å².